The molecule has 0 saturated carbocycles. The molecule has 0 radical (unpaired) electrons. The van der Waals surface area contributed by atoms with Crippen LogP contribution in [-0.4, -0.2) is 52.3 Å². The summed E-state index contributed by atoms with van der Waals surface area (Å²) in [6.45, 7) is 9.17. The Bertz CT molecular complexity index is 1160. The molecule has 172 valence electrons. The highest BCUT2D eigenvalue weighted by atomic mass is 35.5. The van der Waals surface area contributed by atoms with Crippen molar-refractivity contribution in [3.63, 3.8) is 0 Å². The van der Waals surface area contributed by atoms with Gasteiger partial charge in [-0.3, -0.25) is 14.3 Å². The molecule has 0 aliphatic carbocycles. The maximum absolute atomic E-state index is 13.1. The Balaban J connectivity index is 0.00000245. The first kappa shape index (κ1) is 23.2. The minimum atomic E-state index is -1.01. The van der Waals surface area contributed by atoms with Gasteiger partial charge in [0.05, 0.1) is 0 Å². The standard InChI is InChI=1S/C24H30N4O2S.ClH/c1-17-18(22(29)28-10-4-9-24(2,30)23(28)25-17)7-11-26-12-14-27(15-13-26)20-5-3-6-21-19(20)8-16-31-21;/h3,5-6,8,16,30H,4,7,9-15H2,1-2H3;1H. The van der Waals surface area contributed by atoms with Gasteiger partial charge in [-0.05, 0) is 56.7 Å². The Labute approximate surface area is 198 Å². The number of benzene rings is 1. The maximum Gasteiger partial charge on any atom is 0.257 e. The molecule has 2 aromatic heterocycles. The number of piperazine rings is 1. The van der Waals surface area contributed by atoms with E-state index in [1.165, 1.54) is 15.8 Å². The van der Waals surface area contributed by atoms with E-state index in [-0.39, 0.29) is 18.0 Å². The first-order valence-corrected chi connectivity index (χ1v) is 12.1. The van der Waals surface area contributed by atoms with Crippen LogP contribution in [0.2, 0.25) is 0 Å². The van der Waals surface area contributed by atoms with Gasteiger partial charge in [0.1, 0.15) is 11.4 Å². The zero-order chi connectivity index (χ0) is 21.6. The predicted octanol–water partition coefficient (Wildman–Crippen LogP) is 3.55. The van der Waals surface area contributed by atoms with Gasteiger partial charge in [0.25, 0.3) is 5.56 Å². The van der Waals surface area contributed by atoms with Crippen LogP contribution in [0, 0.1) is 6.92 Å². The number of thiophene rings is 1. The summed E-state index contributed by atoms with van der Waals surface area (Å²) in [6.07, 6.45) is 2.17. The molecule has 32 heavy (non-hydrogen) atoms. The van der Waals surface area contributed by atoms with Crippen molar-refractivity contribution in [2.75, 3.05) is 37.6 Å². The number of aryl methyl sites for hydroxylation is 1. The molecule has 3 aromatic rings. The van der Waals surface area contributed by atoms with Crippen LogP contribution < -0.4 is 10.5 Å². The lowest BCUT2D eigenvalue weighted by atomic mass is 9.94. The monoisotopic (exact) mass is 474 g/mol. The average molecular weight is 475 g/mol. The maximum atomic E-state index is 13.1. The van der Waals surface area contributed by atoms with Gasteiger partial charge in [-0.2, -0.15) is 0 Å². The van der Waals surface area contributed by atoms with E-state index in [1.54, 1.807) is 22.8 Å². The van der Waals surface area contributed by atoms with Gasteiger partial charge in [0.2, 0.25) is 0 Å². The minimum absolute atomic E-state index is 0. The fraction of sp³-hybridized carbons (Fsp3) is 0.500. The largest absolute Gasteiger partial charge is 0.382 e. The van der Waals surface area contributed by atoms with Crippen LogP contribution in [0.5, 0.6) is 0 Å². The van der Waals surface area contributed by atoms with Crippen LogP contribution in [0.15, 0.2) is 34.4 Å². The molecule has 1 saturated heterocycles. The van der Waals surface area contributed by atoms with Gasteiger partial charge in [-0.15, -0.1) is 23.7 Å². The second kappa shape index (κ2) is 9.14. The van der Waals surface area contributed by atoms with Crippen molar-refractivity contribution >= 4 is 39.5 Å². The molecule has 2 aliphatic rings. The van der Waals surface area contributed by atoms with Gasteiger partial charge >= 0.3 is 0 Å². The van der Waals surface area contributed by atoms with Crippen LogP contribution in [0.25, 0.3) is 10.1 Å². The SMILES string of the molecule is Cc1nc2n(c(=O)c1CCN1CCN(c3cccc4sccc34)CC1)CCCC2(C)O.Cl. The number of aromatic nitrogens is 2. The number of hydrogen-bond donors (Lipinski definition) is 1. The molecular weight excluding hydrogens is 444 g/mol. The quantitative estimate of drug-likeness (QED) is 0.626. The number of fused-ring (bicyclic) bond motifs is 2. The van der Waals surface area contributed by atoms with Gasteiger partial charge in [0, 0.05) is 66.3 Å². The highest BCUT2D eigenvalue weighted by Gasteiger charge is 2.33. The van der Waals surface area contributed by atoms with Crippen molar-refractivity contribution in [1.82, 2.24) is 14.5 Å². The molecular formula is C24H31ClN4O2S. The van der Waals surface area contributed by atoms with Crippen LogP contribution in [0.4, 0.5) is 5.69 Å². The first-order valence-electron chi connectivity index (χ1n) is 11.2. The molecule has 1 unspecified atom stereocenters. The van der Waals surface area contributed by atoms with Crippen molar-refractivity contribution < 1.29 is 5.11 Å². The molecule has 1 fully saturated rings. The smallest absolute Gasteiger partial charge is 0.257 e. The summed E-state index contributed by atoms with van der Waals surface area (Å²) in [5.41, 5.74) is 1.92. The third kappa shape index (κ3) is 4.19. The van der Waals surface area contributed by atoms with Crippen molar-refractivity contribution in [3.05, 3.63) is 57.1 Å². The summed E-state index contributed by atoms with van der Waals surface area (Å²) in [5.74, 6) is 0.529. The second-order valence-electron chi connectivity index (χ2n) is 9.02. The molecule has 1 N–H and O–H groups in total. The Morgan fingerprint density at radius 3 is 2.72 bits per heavy atom. The highest BCUT2D eigenvalue weighted by Crippen LogP contribution is 2.31. The number of hydrogen-bond acceptors (Lipinski definition) is 6. The lowest BCUT2D eigenvalue weighted by Gasteiger charge is -2.36. The Kier molecular flexibility index (Phi) is 6.63. The molecule has 0 bridgehead atoms. The number of anilines is 1. The normalized spacial score (nSPS) is 21.4. The van der Waals surface area contributed by atoms with Gasteiger partial charge in [-0.1, -0.05) is 6.07 Å². The Hall–Kier alpha value is -1.93. The summed E-state index contributed by atoms with van der Waals surface area (Å²) in [6, 6.07) is 8.78. The highest BCUT2D eigenvalue weighted by molar-refractivity contribution is 7.17. The number of aliphatic hydroxyl groups is 1. The minimum Gasteiger partial charge on any atom is -0.382 e. The van der Waals surface area contributed by atoms with Crippen molar-refractivity contribution in [1.29, 1.82) is 0 Å². The van der Waals surface area contributed by atoms with E-state index in [0.717, 1.165) is 50.4 Å². The molecule has 6 nitrogen and oxygen atoms in total. The molecule has 0 spiro atoms. The zero-order valence-corrected chi connectivity index (χ0v) is 20.3. The number of nitrogens with zero attached hydrogens (tertiary/aromatic N) is 4. The lowest BCUT2D eigenvalue weighted by Crippen LogP contribution is -2.47. The molecule has 8 heteroatoms. The fourth-order valence-electron chi connectivity index (χ4n) is 5.04. The molecule has 4 heterocycles. The van der Waals surface area contributed by atoms with E-state index < -0.39 is 5.60 Å². The van der Waals surface area contributed by atoms with Crippen LogP contribution in [-0.2, 0) is 18.6 Å². The summed E-state index contributed by atoms with van der Waals surface area (Å²) in [7, 11) is 0. The van der Waals surface area contributed by atoms with Crippen LogP contribution >= 0.6 is 23.7 Å². The van der Waals surface area contributed by atoms with Gasteiger partial charge in [-0.25, -0.2) is 4.98 Å². The summed E-state index contributed by atoms with van der Waals surface area (Å²) in [4.78, 5) is 22.7. The molecule has 1 atom stereocenters. The summed E-state index contributed by atoms with van der Waals surface area (Å²) < 4.78 is 3.04. The Morgan fingerprint density at radius 2 is 1.94 bits per heavy atom. The van der Waals surface area contributed by atoms with Crippen molar-refractivity contribution in [2.45, 2.75) is 45.3 Å². The van der Waals surface area contributed by atoms with E-state index in [9.17, 15) is 9.90 Å². The predicted molar refractivity (Wildman–Crippen MR) is 133 cm³/mol. The molecule has 0 amide bonds. The Morgan fingerprint density at radius 1 is 1.16 bits per heavy atom. The van der Waals surface area contributed by atoms with E-state index >= 15 is 0 Å². The lowest BCUT2D eigenvalue weighted by molar-refractivity contribution is 0.0170. The summed E-state index contributed by atoms with van der Waals surface area (Å²) in [5, 5.41) is 14.1. The third-order valence-electron chi connectivity index (χ3n) is 6.86. The molecule has 5 rings (SSSR count). The average Bonchev–Trinajstić information content (AvgIpc) is 3.24. The second-order valence-corrected chi connectivity index (χ2v) is 9.97. The zero-order valence-electron chi connectivity index (χ0n) is 18.7. The first-order chi connectivity index (χ1) is 14.9. The van der Waals surface area contributed by atoms with E-state index in [2.05, 4.69) is 44.4 Å². The van der Waals surface area contributed by atoms with E-state index in [0.29, 0.717) is 25.2 Å². The molecule has 2 aliphatic heterocycles. The van der Waals surface area contributed by atoms with Gasteiger partial charge in [0.15, 0.2) is 0 Å². The van der Waals surface area contributed by atoms with Crippen LogP contribution in [0.1, 0.15) is 36.8 Å². The van der Waals surface area contributed by atoms with Crippen molar-refractivity contribution in [2.24, 2.45) is 0 Å². The molecule has 1 aromatic carbocycles. The summed E-state index contributed by atoms with van der Waals surface area (Å²) >= 11 is 1.79. The van der Waals surface area contributed by atoms with E-state index in [4.69, 9.17) is 0 Å². The third-order valence-corrected chi connectivity index (χ3v) is 7.74. The van der Waals surface area contributed by atoms with Crippen LogP contribution in [0.3, 0.4) is 0 Å². The van der Waals surface area contributed by atoms with E-state index in [1.807, 2.05) is 6.92 Å². The van der Waals surface area contributed by atoms with Gasteiger partial charge < -0.3 is 10.0 Å². The number of halogens is 1. The topological polar surface area (TPSA) is 61.6 Å². The van der Waals surface area contributed by atoms with Crippen molar-refractivity contribution in [3.8, 4) is 0 Å². The fourth-order valence-corrected chi connectivity index (χ4v) is 5.84. The number of rotatable bonds is 4.